The van der Waals surface area contributed by atoms with E-state index in [1.165, 1.54) is 24.3 Å². The fourth-order valence-electron chi connectivity index (χ4n) is 5.58. The van der Waals surface area contributed by atoms with Gasteiger partial charge in [0.25, 0.3) is 20.0 Å². The van der Waals surface area contributed by atoms with Gasteiger partial charge in [0.15, 0.2) is 0 Å². The maximum absolute atomic E-state index is 12.8. The van der Waals surface area contributed by atoms with Crippen molar-refractivity contribution in [2.75, 3.05) is 22.5 Å². The smallest absolute Gasteiger partial charge is 0.309 e. The maximum atomic E-state index is 12.8. The van der Waals surface area contributed by atoms with Crippen LogP contribution in [0.4, 0.5) is 11.6 Å². The van der Waals surface area contributed by atoms with Gasteiger partial charge in [0, 0.05) is 13.1 Å². The van der Waals surface area contributed by atoms with E-state index in [-0.39, 0.29) is 45.9 Å². The lowest BCUT2D eigenvalue weighted by atomic mass is 10.1. The molecular weight excluding hydrogens is 751 g/mol. The van der Waals surface area contributed by atoms with Gasteiger partial charge >= 0.3 is 5.97 Å². The number of carbonyl (C=O) groups is 2. The van der Waals surface area contributed by atoms with Gasteiger partial charge in [0.2, 0.25) is 5.91 Å². The Hall–Kier alpha value is -6.38. The molecule has 0 atom stereocenters. The van der Waals surface area contributed by atoms with E-state index in [0.717, 1.165) is 22.3 Å². The van der Waals surface area contributed by atoms with Crippen molar-refractivity contribution in [3.05, 3.63) is 157 Å². The van der Waals surface area contributed by atoms with E-state index in [1.807, 2.05) is 74.5 Å². The molecule has 0 aliphatic heterocycles. The van der Waals surface area contributed by atoms with Gasteiger partial charge in [-0.3, -0.25) is 19.0 Å². The highest BCUT2D eigenvalue weighted by Gasteiger charge is 2.18. The van der Waals surface area contributed by atoms with Crippen LogP contribution in [-0.2, 0) is 42.5 Å². The molecule has 4 aromatic carbocycles. The zero-order valence-electron chi connectivity index (χ0n) is 30.7. The molecule has 12 nitrogen and oxygen atoms in total. The van der Waals surface area contributed by atoms with Crippen LogP contribution in [0.15, 0.2) is 155 Å². The van der Waals surface area contributed by atoms with Crippen LogP contribution >= 0.6 is 0 Å². The first-order chi connectivity index (χ1) is 26.9. The molecule has 0 aliphatic rings. The fourth-order valence-corrected chi connectivity index (χ4v) is 7.58. The first-order valence-electron chi connectivity index (χ1n) is 17.6. The van der Waals surface area contributed by atoms with Crippen molar-refractivity contribution < 1.29 is 31.5 Å². The molecule has 0 aliphatic carbocycles. The van der Waals surface area contributed by atoms with Crippen LogP contribution in [0.1, 0.15) is 25.2 Å². The van der Waals surface area contributed by atoms with Crippen LogP contribution in [0.2, 0.25) is 0 Å². The first kappa shape index (κ1) is 40.8. The van der Waals surface area contributed by atoms with Crippen LogP contribution in [0.5, 0.6) is 0 Å². The Balaban J connectivity index is 0.000000216. The number of hydrogen-bond acceptors (Lipinski definition) is 8. The summed E-state index contributed by atoms with van der Waals surface area (Å²) in [5, 5.41) is 8.81. The molecule has 0 spiro atoms. The number of sulfonamides is 2. The second-order valence-corrected chi connectivity index (χ2v) is 15.7. The van der Waals surface area contributed by atoms with E-state index < -0.39 is 26.0 Å². The molecule has 0 fully saturated rings. The van der Waals surface area contributed by atoms with Crippen LogP contribution in [-0.4, -0.2) is 61.8 Å². The van der Waals surface area contributed by atoms with Gasteiger partial charge in [-0.1, -0.05) is 97.1 Å². The number of aromatic nitrogens is 2. The Labute approximate surface area is 327 Å². The van der Waals surface area contributed by atoms with Gasteiger partial charge in [-0.15, -0.1) is 0 Å². The monoisotopic (exact) mass is 791 g/mol. The molecule has 14 heteroatoms. The number of carbonyl (C=O) groups excluding carboxylic acids is 1. The van der Waals surface area contributed by atoms with Gasteiger partial charge in [-0.2, -0.15) is 0 Å². The topological polar surface area (TPSA) is 176 Å². The number of pyridine rings is 2. The minimum Gasteiger partial charge on any atom is -0.481 e. The number of aliphatic carboxylic acids is 1. The number of nitrogens with zero attached hydrogens (tertiary/aromatic N) is 3. The molecule has 0 saturated heterocycles. The van der Waals surface area contributed by atoms with E-state index in [0.29, 0.717) is 18.8 Å². The number of carboxylic acids is 1. The summed E-state index contributed by atoms with van der Waals surface area (Å²) in [6.45, 7) is 5.09. The van der Waals surface area contributed by atoms with Crippen LogP contribution in [0.25, 0.3) is 22.3 Å². The first-order valence-corrected chi connectivity index (χ1v) is 20.6. The predicted octanol–water partition coefficient (Wildman–Crippen LogP) is 7.14. The highest BCUT2D eigenvalue weighted by Crippen LogP contribution is 2.24. The average Bonchev–Trinajstić information content (AvgIpc) is 3.19. The lowest BCUT2D eigenvalue weighted by Crippen LogP contribution is -2.32. The van der Waals surface area contributed by atoms with Crippen LogP contribution < -0.4 is 9.44 Å². The Morgan fingerprint density at radius 1 is 0.518 bits per heavy atom. The Kier molecular flexibility index (Phi) is 13.7. The summed E-state index contributed by atoms with van der Waals surface area (Å²) in [5.74, 6) is -0.805. The van der Waals surface area contributed by atoms with Crippen molar-refractivity contribution in [2.45, 2.75) is 36.5 Å². The lowest BCUT2D eigenvalue weighted by molar-refractivity contribution is -0.136. The van der Waals surface area contributed by atoms with Crippen molar-refractivity contribution in [3.8, 4) is 22.3 Å². The van der Waals surface area contributed by atoms with Gasteiger partial charge in [-0.05, 0) is 84.6 Å². The van der Waals surface area contributed by atoms with Crippen molar-refractivity contribution in [1.29, 1.82) is 0 Å². The van der Waals surface area contributed by atoms with Gasteiger partial charge < -0.3 is 10.0 Å². The summed E-state index contributed by atoms with van der Waals surface area (Å²) in [4.78, 5) is 33.3. The fraction of sp³-hybridized carbons (Fsp3) is 0.143. The van der Waals surface area contributed by atoms with Crippen LogP contribution in [0, 0.1) is 0 Å². The second kappa shape index (κ2) is 18.8. The minimum absolute atomic E-state index is 0.0380. The molecule has 3 N–H and O–H groups in total. The molecule has 2 aromatic heterocycles. The summed E-state index contributed by atoms with van der Waals surface area (Å²) in [6, 6.07) is 42.1. The second-order valence-electron chi connectivity index (χ2n) is 12.3. The number of hydrogen-bond donors (Lipinski definition) is 3. The van der Waals surface area contributed by atoms with Crippen molar-refractivity contribution in [3.63, 3.8) is 0 Å². The predicted molar refractivity (Wildman–Crippen MR) is 217 cm³/mol. The van der Waals surface area contributed by atoms with Gasteiger partial charge in [0.05, 0.1) is 34.0 Å². The molecule has 288 valence electrons. The maximum Gasteiger partial charge on any atom is 0.309 e. The quantitative estimate of drug-likeness (QED) is 0.104. The van der Waals surface area contributed by atoms with Gasteiger partial charge in [-0.25, -0.2) is 26.8 Å². The molecule has 0 saturated carbocycles. The molecule has 56 heavy (non-hydrogen) atoms. The Bertz CT molecular complexity index is 2460. The summed E-state index contributed by atoms with van der Waals surface area (Å²) in [7, 11) is -7.61. The Morgan fingerprint density at radius 3 is 1.27 bits per heavy atom. The van der Waals surface area contributed by atoms with Crippen molar-refractivity contribution in [1.82, 2.24) is 14.9 Å². The number of rotatable bonds is 14. The standard InChI is InChI=1S/C23H25N3O3S.C19H16N2O4S/c1-3-26(4-2)23(27)17-20-11-8-12-22(24-20)25-30(28,29)21-15-13-19(14-16-21)18-9-6-5-7-10-18;22-19(23)13-16-7-4-8-18(20-16)21-26(24,25)17-11-9-15(10-12-17)14-5-2-1-3-6-14/h5-16H,3-4,17H2,1-2H3,(H,24,25);1-12H,13H2,(H,20,21)(H,22,23). The largest absolute Gasteiger partial charge is 0.481 e. The summed E-state index contributed by atoms with van der Waals surface area (Å²) in [6.07, 6.45) is -0.148. The molecular formula is C42H41N5O7S2. The number of nitrogens with one attached hydrogen (secondary N) is 2. The average molecular weight is 792 g/mol. The minimum atomic E-state index is -3.82. The van der Waals surface area contributed by atoms with Crippen molar-refractivity contribution >= 4 is 43.6 Å². The summed E-state index contributed by atoms with van der Waals surface area (Å²) < 4.78 is 55.4. The normalized spacial score (nSPS) is 11.1. The number of carboxylic acid groups (broad SMARTS) is 1. The molecule has 1 amide bonds. The third-order valence-corrected chi connectivity index (χ3v) is 11.2. The van der Waals surface area contributed by atoms with Crippen molar-refractivity contribution in [2.24, 2.45) is 0 Å². The number of anilines is 2. The molecule has 6 aromatic rings. The third-order valence-electron chi connectivity index (χ3n) is 8.42. The molecule has 0 radical (unpaired) electrons. The highest BCUT2D eigenvalue weighted by atomic mass is 32.2. The third kappa shape index (κ3) is 11.3. The number of amides is 1. The molecule has 0 unspecified atom stereocenters. The van der Waals surface area contributed by atoms with Gasteiger partial charge in [0.1, 0.15) is 11.6 Å². The van der Waals surface area contributed by atoms with E-state index in [2.05, 4.69) is 19.4 Å². The zero-order chi connectivity index (χ0) is 40.1. The van der Waals surface area contributed by atoms with E-state index in [4.69, 9.17) is 5.11 Å². The highest BCUT2D eigenvalue weighted by molar-refractivity contribution is 7.93. The number of benzene rings is 4. The van der Waals surface area contributed by atoms with Crippen LogP contribution in [0.3, 0.4) is 0 Å². The van der Waals surface area contributed by atoms with E-state index in [9.17, 15) is 26.4 Å². The molecule has 0 bridgehead atoms. The summed E-state index contributed by atoms with van der Waals surface area (Å²) >= 11 is 0. The molecule has 6 rings (SSSR count). The lowest BCUT2D eigenvalue weighted by Gasteiger charge is -2.18. The zero-order valence-corrected chi connectivity index (χ0v) is 32.4. The summed E-state index contributed by atoms with van der Waals surface area (Å²) in [5.41, 5.74) is 4.65. The number of likely N-dealkylation sites (N-methyl/N-ethyl adjacent to an activating group) is 1. The van der Waals surface area contributed by atoms with E-state index in [1.54, 1.807) is 65.6 Å². The SMILES string of the molecule is CCN(CC)C(=O)Cc1cccc(NS(=O)(=O)c2ccc(-c3ccccc3)cc2)n1.O=C(O)Cc1cccc(NS(=O)(=O)c2ccc(-c3ccccc3)cc2)n1. The van der Waals surface area contributed by atoms with E-state index >= 15 is 0 Å². The molecule has 2 heterocycles. The Morgan fingerprint density at radius 2 is 0.893 bits per heavy atom.